The van der Waals surface area contributed by atoms with Gasteiger partial charge in [-0.1, -0.05) is 25.0 Å². The Kier molecular flexibility index (Phi) is 12.0. The van der Waals surface area contributed by atoms with Crippen LogP contribution >= 0.6 is 24.0 Å². The van der Waals surface area contributed by atoms with Crippen LogP contribution in [0.2, 0.25) is 0 Å². The fourth-order valence-corrected chi connectivity index (χ4v) is 4.50. The van der Waals surface area contributed by atoms with Crippen molar-refractivity contribution in [2.75, 3.05) is 27.2 Å². The molecule has 32 heavy (non-hydrogen) atoms. The lowest BCUT2D eigenvalue weighted by molar-refractivity contribution is -0.121. The molecule has 1 aromatic rings. The van der Waals surface area contributed by atoms with Gasteiger partial charge in [0.1, 0.15) is 0 Å². The number of benzene rings is 1. The average Bonchev–Trinajstić information content (AvgIpc) is 3.48. The van der Waals surface area contributed by atoms with Crippen molar-refractivity contribution >= 4 is 35.8 Å². The van der Waals surface area contributed by atoms with Crippen molar-refractivity contribution in [2.45, 2.75) is 70.4 Å². The van der Waals surface area contributed by atoms with E-state index in [1.54, 1.807) is 14.2 Å². The van der Waals surface area contributed by atoms with Crippen LogP contribution in [-0.4, -0.2) is 45.2 Å². The molecule has 0 aliphatic heterocycles. The summed E-state index contributed by atoms with van der Waals surface area (Å²) < 4.78 is 11.8. The molecule has 2 aliphatic rings. The van der Waals surface area contributed by atoms with Gasteiger partial charge in [-0.05, 0) is 50.5 Å². The molecule has 7 nitrogen and oxygen atoms in total. The van der Waals surface area contributed by atoms with Crippen molar-refractivity contribution < 1.29 is 14.3 Å². The van der Waals surface area contributed by atoms with Gasteiger partial charge < -0.3 is 25.4 Å². The Balaban J connectivity index is 0.00000363. The number of nitrogens with zero attached hydrogens (tertiary/aromatic N) is 1. The van der Waals surface area contributed by atoms with E-state index in [2.05, 4.69) is 27.0 Å². The Bertz CT molecular complexity index is 732. The monoisotopic (exact) mass is 558 g/mol. The quantitative estimate of drug-likeness (QED) is 0.175. The fourth-order valence-electron chi connectivity index (χ4n) is 4.50. The summed E-state index contributed by atoms with van der Waals surface area (Å²) in [6.07, 6.45) is 10.5. The normalized spacial score (nSPS) is 17.0. The van der Waals surface area contributed by atoms with Gasteiger partial charge in [0.05, 0.1) is 13.2 Å². The summed E-state index contributed by atoms with van der Waals surface area (Å²) in [6, 6.07) is 5.97. The number of carbonyl (C=O) groups excluding carboxylic acids is 1. The van der Waals surface area contributed by atoms with E-state index >= 15 is 0 Å². The number of amides is 1. The molecule has 1 aromatic carbocycles. The van der Waals surface area contributed by atoms with Gasteiger partial charge in [0.15, 0.2) is 17.5 Å². The maximum absolute atomic E-state index is 12.1. The topological polar surface area (TPSA) is 84.0 Å². The number of hydrogen-bond donors (Lipinski definition) is 3. The Morgan fingerprint density at radius 2 is 1.72 bits per heavy atom. The summed E-state index contributed by atoms with van der Waals surface area (Å²) in [5, 5.41) is 9.61. The molecule has 2 saturated carbocycles. The molecule has 0 saturated heterocycles. The lowest BCUT2D eigenvalue weighted by Gasteiger charge is -2.20. The number of para-hydroxylation sites is 1. The predicted molar refractivity (Wildman–Crippen MR) is 139 cm³/mol. The fraction of sp³-hybridized carbons (Fsp3) is 0.667. The van der Waals surface area contributed by atoms with Crippen LogP contribution in [-0.2, 0) is 11.3 Å². The van der Waals surface area contributed by atoms with Crippen LogP contribution in [0.3, 0.4) is 0 Å². The number of halogens is 1. The standard InChI is InChI=1S/C24H38N4O3.HI/c1-25-24(27-15-14-26-22(29)16-18-8-3-4-9-18)28-17-19-10-7-13-21(30-2)23(19)31-20-11-5-6-12-20;/h7,10,13,18,20H,3-6,8-9,11-12,14-17H2,1-2H3,(H,26,29)(H2,25,27,28);1H. The van der Waals surface area contributed by atoms with E-state index in [1.165, 1.54) is 38.5 Å². The lowest BCUT2D eigenvalue weighted by Crippen LogP contribution is -2.41. The largest absolute Gasteiger partial charge is 0.493 e. The lowest BCUT2D eigenvalue weighted by atomic mass is 10.0. The second-order valence-electron chi connectivity index (χ2n) is 8.53. The van der Waals surface area contributed by atoms with Gasteiger partial charge in [-0.15, -0.1) is 24.0 Å². The molecule has 0 atom stereocenters. The zero-order valence-electron chi connectivity index (χ0n) is 19.5. The first-order valence-electron chi connectivity index (χ1n) is 11.7. The minimum absolute atomic E-state index is 0. The molecule has 8 heteroatoms. The summed E-state index contributed by atoms with van der Waals surface area (Å²) in [4.78, 5) is 16.3. The van der Waals surface area contributed by atoms with Gasteiger partial charge in [0, 0.05) is 38.7 Å². The van der Waals surface area contributed by atoms with Crippen molar-refractivity contribution in [2.24, 2.45) is 10.9 Å². The zero-order valence-corrected chi connectivity index (χ0v) is 21.8. The number of aliphatic imine (C=N–C) groups is 1. The third-order valence-electron chi connectivity index (χ3n) is 6.23. The van der Waals surface area contributed by atoms with E-state index in [-0.39, 0.29) is 36.0 Å². The number of rotatable bonds is 10. The average molecular weight is 559 g/mol. The molecule has 1 amide bonds. The highest BCUT2D eigenvalue weighted by molar-refractivity contribution is 14.0. The summed E-state index contributed by atoms with van der Waals surface area (Å²) in [6.45, 7) is 1.79. The molecule has 180 valence electrons. The van der Waals surface area contributed by atoms with Crippen LogP contribution in [0.1, 0.15) is 63.4 Å². The van der Waals surface area contributed by atoms with Crippen molar-refractivity contribution in [3.8, 4) is 11.5 Å². The molecule has 0 aromatic heterocycles. The minimum atomic E-state index is 0. The molecule has 0 spiro atoms. The van der Waals surface area contributed by atoms with Gasteiger partial charge in [-0.3, -0.25) is 9.79 Å². The van der Waals surface area contributed by atoms with Gasteiger partial charge in [0.2, 0.25) is 5.91 Å². The number of carbonyl (C=O) groups is 1. The number of hydrogen-bond acceptors (Lipinski definition) is 4. The van der Waals surface area contributed by atoms with E-state index in [9.17, 15) is 4.79 Å². The smallest absolute Gasteiger partial charge is 0.220 e. The molecule has 0 bridgehead atoms. The third-order valence-corrected chi connectivity index (χ3v) is 6.23. The van der Waals surface area contributed by atoms with Crippen LogP contribution in [0.25, 0.3) is 0 Å². The van der Waals surface area contributed by atoms with Crippen molar-refractivity contribution in [3.63, 3.8) is 0 Å². The molecule has 3 N–H and O–H groups in total. The highest BCUT2D eigenvalue weighted by Gasteiger charge is 2.21. The molecule has 2 fully saturated rings. The van der Waals surface area contributed by atoms with Crippen molar-refractivity contribution in [3.05, 3.63) is 23.8 Å². The number of nitrogens with one attached hydrogen (secondary N) is 3. The van der Waals surface area contributed by atoms with E-state index < -0.39 is 0 Å². The summed E-state index contributed by atoms with van der Waals surface area (Å²) in [5.74, 6) is 3.01. The van der Waals surface area contributed by atoms with Crippen LogP contribution in [0.15, 0.2) is 23.2 Å². The number of guanidine groups is 1. The summed E-state index contributed by atoms with van der Waals surface area (Å²) in [7, 11) is 3.42. The van der Waals surface area contributed by atoms with Crippen LogP contribution in [0, 0.1) is 5.92 Å². The zero-order chi connectivity index (χ0) is 21.9. The minimum Gasteiger partial charge on any atom is -0.493 e. The molecule has 3 rings (SSSR count). The van der Waals surface area contributed by atoms with E-state index in [4.69, 9.17) is 9.47 Å². The van der Waals surface area contributed by atoms with Gasteiger partial charge >= 0.3 is 0 Å². The van der Waals surface area contributed by atoms with Crippen molar-refractivity contribution in [1.82, 2.24) is 16.0 Å². The Hall–Kier alpha value is -1.71. The molecule has 0 radical (unpaired) electrons. The highest BCUT2D eigenvalue weighted by atomic mass is 127. The SMILES string of the molecule is CN=C(NCCNC(=O)CC1CCCC1)NCc1cccc(OC)c1OC1CCCC1.I. The van der Waals surface area contributed by atoms with E-state index in [0.717, 1.165) is 29.9 Å². The van der Waals surface area contributed by atoms with Crippen LogP contribution in [0.5, 0.6) is 11.5 Å². The predicted octanol–water partition coefficient (Wildman–Crippen LogP) is 4.00. The molecule has 0 unspecified atom stereocenters. The first kappa shape index (κ1) is 26.5. The van der Waals surface area contributed by atoms with Crippen LogP contribution < -0.4 is 25.4 Å². The maximum Gasteiger partial charge on any atom is 0.220 e. The van der Waals surface area contributed by atoms with E-state index in [0.29, 0.717) is 37.9 Å². The molecular formula is C24H39IN4O3. The summed E-state index contributed by atoms with van der Waals surface area (Å²) in [5.41, 5.74) is 1.04. The first-order chi connectivity index (χ1) is 15.2. The summed E-state index contributed by atoms with van der Waals surface area (Å²) >= 11 is 0. The highest BCUT2D eigenvalue weighted by Crippen LogP contribution is 2.34. The van der Waals surface area contributed by atoms with Gasteiger partial charge in [-0.2, -0.15) is 0 Å². The first-order valence-corrected chi connectivity index (χ1v) is 11.7. The Labute approximate surface area is 209 Å². The third kappa shape index (κ3) is 8.33. The van der Waals surface area contributed by atoms with Gasteiger partial charge in [-0.25, -0.2) is 0 Å². The molecule has 2 aliphatic carbocycles. The maximum atomic E-state index is 12.1. The molecular weight excluding hydrogens is 519 g/mol. The van der Waals surface area contributed by atoms with E-state index in [1.807, 2.05) is 12.1 Å². The second-order valence-corrected chi connectivity index (χ2v) is 8.53. The number of methoxy groups -OCH3 is 1. The number of ether oxygens (including phenoxy) is 2. The Morgan fingerprint density at radius 3 is 2.41 bits per heavy atom. The van der Waals surface area contributed by atoms with Crippen LogP contribution in [0.4, 0.5) is 0 Å². The molecule has 0 heterocycles. The van der Waals surface area contributed by atoms with Gasteiger partial charge in [0.25, 0.3) is 0 Å². The second kappa shape index (κ2) is 14.4. The Morgan fingerprint density at radius 1 is 1.03 bits per heavy atom. The van der Waals surface area contributed by atoms with Crippen molar-refractivity contribution in [1.29, 1.82) is 0 Å².